The van der Waals surface area contributed by atoms with Gasteiger partial charge in [0.15, 0.2) is 0 Å². The van der Waals surface area contributed by atoms with E-state index in [1.165, 1.54) is 23.6 Å². The van der Waals surface area contributed by atoms with Gasteiger partial charge >= 0.3 is 0 Å². The summed E-state index contributed by atoms with van der Waals surface area (Å²) in [5, 5.41) is 8.14. The van der Waals surface area contributed by atoms with Crippen molar-refractivity contribution in [2.45, 2.75) is 6.54 Å². The molecule has 2 rings (SSSR count). The van der Waals surface area contributed by atoms with Crippen molar-refractivity contribution in [2.24, 2.45) is 5.73 Å². The van der Waals surface area contributed by atoms with Gasteiger partial charge in [-0.25, -0.2) is 0 Å². The highest BCUT2D eigenvalue weighted by atomic mass is 32.1. The normalized spacial score (nSPS) is 9.61. The number of thiophene rings is 1. The van der Waals surface area contributed by atoms with E-state index in [1.54, 1.807) is 0 Å². The molecule has 0 aliphatic rings. The topological polar surface area (TPSA) is 81.1 Å². The summed E-state index contributed by atoms with van der Waals surface area (Å²) in [5.74, 6) is 5.63. The summed E-state index contributed by atoms with van der Waals surface area (Å²) in [6.45, 7) is 0.780. The van der Waals surface area contributed by atoms with Crippen molar-refractivity contribution < 1.29 is 9.32 Å². The zero-order valence-electron chi connectivity index (χ0n) is 9.47. The zero-order chi connectivity index (χ0) is 12.8. The Morgan fingerprint density at radius 3 is 3.22 bits per heavy atom. The van der Waals surface area contributed by atoms with E-state index in [1.807, 2.05) is 11.4 Å². The van der Waals surface area contributed by atoms with Gasteiger partial charge in [0.25, 0.3) is 5.91 Å². The van der Waals surface area contributed by atoms with Crippen molar-refractivity contribution in [3.63, 3.8) is 0 Å². The Kier molecular flexibility index (Phi) is 4.12. The fraction of sp³-hybridized carbons (Fsp3) is 0.167. The molecule has 0 atom stereocenters. The number of carbonyl (C=O) groups is 1. The van der Waals surface area contributed by atoms with E-state index in [0.29, 0.717) is 13.1 Å². The average Bonchev–Trinajstić information content (AvgIpc) is 3.04. The SMILES string of the molecule is NCC#Cc1csc(CNC(=O)c2ccno2)c1. The summed E-state index contributed by atoms with van der Waals surface area (Å²) in [4.78, 5) is 12.6. The zero-order valence-corrected chi connectivity index (χ0v) is 10.3. The van der Waals surface area contributed by atoms with Crippen LogP contribution >= 0.6 is 11.3 Å². The first-order valence-corrected chi connectivity index (χ1v) is 6.13. The summed E-state index contributed by atoms with van der Waals surface area (Å²) in [6.07, 6.45) is 1.43. The lowest BCUT2D eigenvalue weighted by atomic mass is 10.3. The first-order chi connectivity index (χ1) is 8.79. The number of carbonyl (C=O) groups excluding carboxylic acids is 1. The molecule has 6 heteroatoms. The van der Waals surface area contributed by atoms with E-state index < -0.39 is 0 Å². The first-order valence-electron chi connectivity index (χ1n) is 5.25. The second-order valence-electron chi connectivity index (χ2n) is 3.37. The van der Waals surface area contributed by atoms with Gasteiger partial charge in [-0.15, -0.1) is 11.3 Å². The third-order valence-electron chi connectivity index (χ3n) is 2.07. The molecule has 0 spiro atoms. The van der Waals surface area contributed by atoms with Gasteiger partial charge in [-0.2, -0.15) is 0 Å². The summed E-state index contributed by atoms with van der Waals surface area (Å²) in [5.41, 5.74) is 6.20. The lowest BCUT2D eigenvalue weighted by Crippen LogP contribution is -2.21. The van der Waals surface area contributed by atoms with Crippen molar-refractivity contribution in [2.75, 3.05) is 6.54 Å². The van der Waals surface area contributed by atoms with Crippen molar-refractivity contribution >= 4 is 17.2 Å². The molecular formula is C12H11N3O2S. The standard InChI is InChI=1S/C12H11N3O2S/c13-4-1-2-9-6-10(18-8-9)7-14-12(16)11-3-5-15-17-11/h3,5-6,8H,4,7,13H2,(H,14,16). The van der Waals surface area contributed by atoms with E-state index in [9.17, 15) is 4.79 Å². The Labute approximate surface area is 108 Å². The second-order valence-corrected chi connectivity index (χ2v) is 4.36. The quantitative estimate of drug-likeness (QED) is 0.807. The molecule has 5 nitrogen and oxygen atoms in total. The Morgan fingerprint density at radius 1 is 1.61 bits per heavy atom. The maximum absolute atomic E-state index is 11.6. The number of nitrogens with one attached hydrogen (secondary N) is 1. The van der Waals surface area contributed by atoms with Gasteiger partial charge in [0.1, 0.15) is 0 Å². The maximum atomic E-state index is 11.6. The van der Waals surface area contributed by atoms with Crippen LogP contribution in [-0.2, 0) is 6.54 Å². The molecule has 2 aromatic heterocycles. The minimum atomic E-state index is -0.282. The first kappa shape index (κ1) is 12.4. The van der Waals surface area contributed by atoms with Crippen LogP contribution in [0.5, 0.6) is 0 Å². The molecule has 3 N–H and O–H groups in total. The largest absolute Gasteiger partial charge is 0.351 e. The number of hydrogen-bond acceptors (Lipinski definition) is 5. The third-order valence-corrected chi connectivity index (χ3v) is 3.01. The molecule has 0 unspecified atom stereocenters. The van der Waals surface area contributed by atoms with Crippen molar-refractivity contribution in [1.29, 1.82) is 0 Å². The fourth-order valence-electron chi connectivity index (χ4n) is 1.28. The molecule has 0 fully saturated rings. The van der Waals surface area contributed by atoms with Crippen molar-refractivity contribution in [3.8, 4) is 11.8 Å². The Bertz CT molecular complexity index is 578. The summed E-state index contributed by atoms with van der Waals surface area (Å²) < 4.78 is 4.75. The number of rotatable bonds is 3. The molecule has 1 amide bonds. The molecule has 0 aliphatic carbocycles. The highest BCUT2D eigenvalue weighted by molar-refractivity contribution is 7.10. The summed E-state index contributed by atoms with van der Waals surface area (Å²) >= 11 is 1.53. The van der Waals surface area contributed by atoms with Gasteiger partial charge in [-0.1, -0.05) is 17.0 Å². The third kappa shape index (κ3) is 3.20. The number of nitrogens with two attached hydrogens (primary N) is 1. The van der Waals surface area contributed by atoms with E-state index in [0.717, 1.165) is 10.4 Å². The van der Waals surface area contributed by atoms with Crippen LogP contribution in [0.15, 0.2) is 28.2 Å². The van der Waals surface area contributed by atoms with Gasteiger partial charge in [-0.05, 0) is 6.07 Å². The summed E-state index contributed by atoms with van der Waals surface area (Å²) in [7, 11) is 0. The van der Waals surface area contributed by atoms with Crippen LogP contribution in [-0.4, -0.2) is 17.6 Å². The molecule has 0 saturated heterocycles. The Balaban J connectivity index is 1.90. The van der Waals surface area contributed by atoms with E-state index >= 15 is 0 Å². The molecule has 0 aliphatic heterocycles. The van der Waals surface area contributed by atoms with Crippen LogP contribution in [0.4, 0.5) is 0 Å². The van der Waals surface area contributed by atoms with Crippen LogP contribution in [0.2, 0.25) is 0 Å². The second kappa shape index (κ2) is 6.00. The predicted octanol–water partition coefficient (Wildman–Crippen LogP) is 0.976. The van der Waals surface area contributed by atoms with Gasteiger partial charge in [0.2, 0.25) is 5.76 Å². The van der Waals surface area contributed by atoms with Gasteiger partial charge in [0.05, 0.1) is 19.3 Å². The van der Waals surface area contributed by atoms with Gasteiger partial charge in [-0.3, -0.25) is 4.79 Å². The lowest BCUT2D eigenvalue weighted by molar-refractivity contribution is 0.0914. The minimum Gasteiger partial charge on any atom is -0.351 e. The molecular weight excluding hydrogens is 250 g/mol. The highest BCUT2D eigenvalue weighted by Crippen LogP contribution is 2.13. The predicted molar refractivity (Wildman–Crippen MR) is 67.9 cm³/mol. The molecule has 0 radical (unpaired) electrons. The number of hydrogen-bond donors (Lipinski definition) is 2. The monoisotopic (exact) mass is 261 g/mol. The molecule has 18 heavy (non-hydrogen) atoms. The van der Waals surface area contributed by atoms with Crippen LogP contribution < -0.4 is 11.1 Å². The van der Waals surface area contributed by atoms with Crippen molar-refractivity contribution in [1.82, 2.24) is 10.5 Å². The number of amides is 1. The van der Waals surface area contributed by atoms with Crippen LogP contribution in [0.3, 0.4) is 0 Å². The summed E-state index contributed by atoms with van der Waals surface area (Å²) in [6, 6.07) is 3.44. The molecule has 92 valence electrons. The molecule has 0 aromatic carbocycles. The molecule has 0 saturated carbocycles. The van der Waals surface area contributed by atoms with Crippen molar-refractivity contribution in [3.05, 3.63) is 39.9 Å². The molecule has 0 bridgehead atoms. The number of aromatic nitrogens is 1. The smallest absolute Gasteiger partial charge is 0.290 e. The lowest BCUT2D eigenvalue weighted by Gasteiger charge is -1.98. The van der Waals surface area contributed by atoms with Crippen LogP contribution in [0.25, 0.3) is 0 Å². The van der Waals surface area contributed by atoms with Gasteiger partial charge < -0.3 is 15.6 Å². The fourth-order valence-corrected chi connectivity index (χ4v) is 2.04. The Morgan fingerprint density at radius 2 is 2.50 bits per heavy atom. The van der Waals surface area contributed by atoms with E-state index in [2.05, 4.69) is 22.3 Å². The Hall–Kier alpha value is -2.10. The average molecular weight is 261 g/mol. The molecule has 2 aromatic rings. The minimum absolute atomic E-state index is 0.203. The van der Waals surface area contributed by atoms with Gasteiger partial charge in [0, 0.05) is 21.9 Å². The highest BCUT2D eigenvalue weighted by Gasteiger charge is 2.09. The maximum Gasteiger partial charge on any atom is 0.290 e. The van der Waals surface area contributed by atoms with Crippen LogP contribution in [0.1, 0.15) is 21.0 Å². The van der Waals surface area contributed by atoms with E-state index in [-0.39, 0.29) is 11.7 Å². The van der Waals surface area contributed by atoms with E-state index in [4.69, 9.17) is 10.3 Å². The number of nitrogens with zero attached hydrogens (tertiary/aromatic N) is 1. The van der Waals surface area contributed by atoms with Crippen LogP contribution in [0, 0.1) is 11.8 Å². The molecule has 2 heterocycles.